The third kappa shape index (κ3) is 4.10. The molecule has 2 aromatic carbocycles. The van der Waals surface area contributed by atoms with Gasteiger partial charge in [0.25, 0.3) is 0 Å². The fourth-order valence-electron chi connectivity index (χ4n) is 2.28. The van der Waals surface area contributed by atoms with Crippen molar-refractivity contribution in [2.24, 2.45) is 0 Å². The molecule has 0 fully saturated rings. The van der Waals surface area contributed by atoms with E-state index < -0.39 is 0 Å². The fraction of sp³-hybridized carbons (Fsp3) is 0.263. The smallest absolute Gasteiger partial charge is 0.0151 e. The van der Waals surface area contributed by atoms with Gasteiger partial charge < -0.3 is 0 Å². The van der Waals surface area contributed by atoms with Gasteiger partial charge in [0.1, 0.15) is 0 Å². The third-order valence-corrected chi connectivity index (χ3v) is 3.33. The predicted molar refractivity (Wildman–Crippen MR) is 84.1 cm³/mol. The Kier molecular flexibility index (Phi) is 5.43. The van der Waals surface area contributed by atoms with Crippen LogP contribution in [0, 0.1) is 0 Å². The zero-order valence-corrected chi connectivity index (χ0v) is 11.7. The number of hydrogen-bond donors (Lipinski definition) is 0. The van der Waals surface area contributed by atoms with E-state index in [2.05, 4.69) is 73.7 Å². The third-order valence-electron chi connectivity index (χ3n) is 3.33. The molecule has 0 N–H and O–H groups in total. The van der Waals surface area contributed by atoms with E-state index in [4.69, 9.17) is 0 Å². The first-order valence-corrected chi connectivity index (χ1v) is 7.23. The molecule has 0 heterocycles. The summed E-state index contributed by atoms with van der Waals surface area (Å²) in [5.41, 5.74) is 3.98. The van der Waals surface area contributed by atoms with Gasteiger partial charge in [0.2, 0.25) is 0 Å². The summed E-state index contributed by atoms with van der Waals surface area (Å²) >= 11 is 0. The molecular weight excluding hydrogens is 228 g/mol. The van der Waals surface area contributed by atoms with E-state index >= 15 is 0 Å². The number of unbranched alkanes of at least 4 members (excludes halogenated alkanes) is 3. The predicted octanol–water partition coefficient (Wildman–Crippen LogP) is 5.70. The Labute approximate surface area is 116 Å². The molecule has 2 rings (SSSR count). The quantitative estimate of drug-likeness (QED) is 0.577. The largest absolute Gasteiger partial charge is 0.0761 e. The molecule has 0 unspecified atom stereocenters. The normalized spacial score (nSPS) is 10.2. The summed E-state index contributed by atoms with van der Waals surface area (Å²) in [6.07, 6.45) is 7.42. The Morgan fingerprint density at radius 3 is 1.79 bits per heavy atom. The maximum Gasteiger partial charge on any atom is -0.0151 e. The molecule has 0 aromatic heterocycles. The highest BCUT2D eigenvalue weighted by Gasteiger charge is 2.03. The first-order valence-electron chi connectivity index (χ1n) is 7.23. The van der Waals surface area contributed by atoms with Gasteiger partial charge in [-0.15, -0.1) is 0 Å². The molecule has 0 spiro atoms. The Morgan fingerprint density at radius 1 is 0.789 bits per heavy atom. The second kappa shape index (κ2) is 7.58. The van der Waals surface area contributed by atoms with Crippen molar-refractivity contribution in [1.82, 2.24) is 0 Å². The van der Waals surface area contributed by atoms with Crippen molar-refractivity contribution < 1.29 is 0 Å². The van der Waals surface area contributed by atoms with E-state index in [-0.39, 0.29) is 0 Å². The summed E-state index contributed by atoms with van der Waals surface area (Å²) in [6.45, 7) is 2.25. The van der Waals surface area contributed by atoms with E-state index in [0.717, 1.165) is 6.42 Å². The van der Waals surface area contributed by atoms with Gasteiger partial charge in [-0.05, 0) is 29.5 Å². The second-order valence-corrected chi connectivity index (χ2v) is 4.85. The highest BCUT2D eigenvalue weighted by molar-refractivity contribution is 5.79. The SMILES string of the molecule is CCCCCC=C(c1ccccc1)c1ccccc1. The van der Waals surface area contributed by atoms with Gasteiger partial charge in [0.15, 0.2) is 0 Å². The van der Waals surface area contributed by atoms with Crippen LogP contribution in [-0.2, 0) is 0 Å². The minimum atomic E-state index is 1.16. The zero-order valence-electron chi connectivity index (χ0n) is 11.7. The summed E-state index contributed by atoms with van der Waals surface area (Å²) in [5, 5.41) is 0. The van der Waals surface area contributed by atoms with Crippen LogP contribution < -0.4 is 0 Å². The van der Waals surface area contributed by atoms with Gasteiger partial charge >= 0.3 is 0 Å². The lowest BCUT2D eigenvalue weighted by Gasteiger charge is -2.08. The minimum Gasteiger partial charge on any atom is -0.0761 e. The summed E-state index contributed by atoms with van der Waals surface area (Å²) in [7, 11) is 0. The van der Waals surface area contributed by atoms with Crippen LogP contribution in [0.1, 0.15) is 43.7 Å². The number of rotatable bonds is 6. The van der Waals surface area contributed by atoms with E-state index in [0.29, 0.717) is 0 Å². The molecule has 0 aliphatic carbocycles. The molecule has 0 saturated carbocycles. The standard InChI is InChI=1S/C19H22/c1-2-3-4-11-16-19(17-12-7-5-8-13-17)18-14-9-6-10-15-18/h5-10,12-16H,2-4,11H2,1H3. The van der Waals surface area contributed by atoms with E-state index in [1.54, 1.807) is 0 Å². The monoisotopic (exact) mass is 250 g/mol. The van der Waals surface area contributed by atoms with Crippen LogP contribution in [-0.4, -0.2) is 0 Å². The van der Waals surface area contributed by atoms with Gasteiger partial charge in [0, 0.05) is 0 Å². The van der Waals surface area contributed by atoms with E-state index in [9.17, 15) is 0 Å². The Morgan fingerprint density at radius 2 is 1.32 bits per heavy atom. The lowest BCUT2D eigenvalue weighted by molar-refractivity contribution is 0.730. The molecule has 0 aliphatic rings. The van der Waals surface area contributed by atoms with Crippen LogP contribution in [0.4, 0.5) is 0 Å². The maximum atomic E-state index is 2.39. The van der Waals surface area contributed by atoms with Gasteiger partial charge in [-0.1, -0.05) is 86.5 Å². The van der Waals surface area contributed by atoms with Gasteiger partial charge in [-0.25, -0.2) is 0 Å². The fourth-order valence-corrected chi connectivity index (χ4v) is 2.28. The molecule has 0 saturated heterocycles. The van der Waals surface area contributed by atoms with Crippen LogP contribution in [0.15, 0.2) is 66.7 Å². The van der Waals surface area contributed by atoms with Gasteiger partial charge in [-0.2, -0.15) is 0 Å². The average Bonchev–Trinajstić information content (AvgIpc) is 2.49. The minimum absolute atomic E-state index is 1.16. The van der Waals surface area contributed by atoms with E-state index in [1.165, 1.54) is 36.0 Å². The van der Waals surface area contributed by atoms with Gasteiger partial charge in [0.05, 0.1) is 0 Å². The molecule has 98 valence electrons. The van der Waals surface area contributed by atoms with Crippen molar-refractivity contribution in [3.63, 3.8) is 0 Å². The van der Waals surface area contributed by atoms with Crippen molar-refractivity contribution in [1.29, 1.82) is 0 Å². The molecule has 0 bridgehead atoms. The highest BCUT2D eigenvalue weighted by atomic mass is 14.1. The zero-order chi connectivity index (χ0) is 13.3. The first-order chi connectivity index (χ1) is 9.42. The average molecular weight is 250 g/mol. The molecule has 0 nitrogen and oxygen atoms in total. The second-order valence-electron chi connectivity index (χ2n) is 4.85. The van der Waals surface area contributed by atoms with Gasteiger partial charge in [-0.3, -0.25) is 0 Å². The van der Waals surface area contributed by atoms with Crippen LogP contribution in [0.2, 0.25) is 0 Å². The van der Waals surface area contributed by atoms with Crippen LogP contribution in [0.5, 0.6) is 0 Å². The Hall–Kier alpha value is -1.82. The maximum absolute atomic E-state index is 2.39. The molecular formula is C19H22. The number of hydrogen-bond acceptors (Lipinski definition) is 0. The lowest BCUT2D eigenvalue weighted by Crippen LogP contribution is -1.88. The molecule has 2 aromatic rings. The highest BCUT2D eigenvalue weighted by Crippen LogP contribution is 2.24. The number of allylic oxidation sites excluding steroid dienone is 1. The van der Waals surface area contributed by atoms with Crippen molar-refractivity contribution in [2.45, 2.75) is 32.6 Å². The number of benzene rings is 2. The molecule has 19 heavy (non-hydrogen) atoms. The summed E-state index contributed by atoms with van der Waals surface area (Å²) in [6, 6.07) is 21.4. The Bertz CT molecular complexity index is 453. The van der Waals surface area contributed by atoms with Crippen LogP contribution in [0.25, 0.3) is 5.57 Å². The molecule has 0 aliphatic heterocycles. The van der Waals surface area contributed by atoms with Crippen LogP contribution in [0.3, 0.4) is 0 Å². The molecule has 0 radical (unpaired) electrons. The van der Waals surface area contributed by atoms with E-state index in [1.807, 2.05) is 0 Å². The summed E-state index contributed by atoms with van der Waals surface area (Å²) in [5.74, 6) is 0. The van der Waals surface area contributed by atoms with Crippen molar-refractivity contribution in [3.8, 4) is 0 Å². The Balaban J connectivity index is 2.24. The molecule has 0 atom stereocenters. The molecule has 0 heteroatoms. The summed E-state index contributed by atoms with van der Waals surface area (Å²) in [4.78, 5) is 0. The summed E-state index contributed by atoms with van der Waals surface area (Å²) < 4.78 is 0. The lowest BCUT2D eigenvalue weighted by atomic mass is 9.96. The van der Waals surface area contributed by atoms with Crippen molar-refractivity contribution in [3.05, 3.63) is 77.9 Å². The van der Waals surface area contributed by atoms with Crippen molar-refractivity contribution in [2.75, 3.05) is 0 Å². The molecule has 0 amide bonds. The van der Waals surface area contributed by atoms with Crippen LogP contribution >= 0.6 is 0 Å². The first kappa shape index (κ1) is 13.6. The van der Waals surface area contributed by atoms with Crippen molar-refractivity contribution >= 4 is 5.57 Å². The topological polar surface area (TPSA) is 0 Å².